The van der Waals surface area contributed by atoms with E-state index in [-0.39, 0.29) is 17.2 Å². The van der Waals surface area contributed by atoms with E-state index >= 15 is 0 Å². The number of aromatic nitrogens is 2. The molecular formula is C25H38N2O2Si. The minimum Gasteiger partial charge on any atom is -0.414 e. The van der Waals surface area contributed by atoms with Crippen LogP contribution in [0.1, 0.15) is 70.0 Å². The van der Waals surface area contributed by atoms with Crippen molar-refractivity contribution in [2.45, 2.75) is 96.2 Å². The maximum atomic E-state index is 11.2. The second-order valence-electron chi connectivity index (χ2n) is 11.0. The van der Waals surface area contributed by atoms with E-state index in [1.165, 1.54) is 22.4 Å². The molecule has 0 radical (unpaired) electrons. The van der Waals surface area contributed by atoms with Gasteiger partial charge in [0, 0.05) is 11.7 Å². The van der Waals surface area contributed by atoms with E-state index in [1.807, 2.05) is 12.5 Å². The summed E-state index contributed by atoms with van der Waals surface area (Å²) in [5, 5.41) is 11.4. The van der Waals surface area contributed by atoms with Crippen molar-refractivity contribution in [2.75, 3.05) is 0 Å². The standard InChI is InChI=1S/C25H38N2O2Si/c1-17-8-7-9-20-21(27-16-26-15-22(27)24(17)20)14-23(28)18-10-12-19(13-11-18)29-30(5,6)25(2,3)4/h7-9,15-16,18-19,21,23,28H,10-14H2,1-6H3. The van der Waals surface area contributed by atoms with Gasteiger partial charge >= 0.3 is 0 Å². The van der Waals surface area contributed by atoms with Crippen molar-refractivity contribution in [1.29, 1.82) is 0 Å². The van der Waals surface area contributed by atoms with Crippen LogP contribution < -0.4 is 0 Å². The Kier molecular flexibility index (Phi) is 5.75. The number of aliphatic hydroxyl groups is 1. The highest BCUT2D eigenvalue weighted by Gasteiger charge is 2.40. The molecule has 1 aliphatic carbocycles. The van der Waals surface area contributed by atoms with E-state index in [9.17, 15) is 5.11 Å². The average Bonchev–Trinajstić information content (AvgIpc) is 3.24. The van der Waals surface area contributed by atoms with Gasteiger partial charge in [0.1, 0.15) is 0 Å². The molecule has 2 aliphatic rings. The van der Waals surface area contributed by atoms with E-state index in [2.05, 4.69) is 68.5 Å². The molecule has 1 aromatic carbocycles. The first-order valence-electron chi connectivity index (χ1n) is 11.6. The minimum absolute atomic E-state index is 0.189. The van der Waals surface area contributed by atoms with Crippen molar-refractivity contribution in [1.82, 2.24) is 9.55 Å². The van der Waals surface area contributed by atoms with Crippen molar-refractivity contribution < 1.29 is 9.53 Å². The van der Waals surface area contributed by atoms with Crippen LogP contribution >= 0.6 is 0 Å². The summed E-state index contributed by atoms with van der Waals surface area (Å²) in [7, 11) is -1.72. The summed E-state index contributed by atoms with van der Waals surface area (Å²) < 4.78 is 8.90. The van der Waals surface area contributed by atoms with Crippen LogP contribution in [0.2, 0.25) is 18.1 Å². The number of benzene rings is 1. The van der Waals surface area contributed by atoms with Gasteiger partial charge in [-0.15, -0.1) is 0 Å². The quantitative estimate of drug-likeness (QED) is 0.588. The van der Waals surface area contributed by atoms with Gasteiger partial charge in [0.05, 0.1) is 30.4 Å². The average molecular weight is 427 g/mol. The first kappa shape index (κ1) is 21.8. The molecule has 30 heavy (non-hydrogen) atoms. The molecule has 2 heterocycles. The number of rotatable bonds is 5. The monoisotopic (exact) mass is 426 g/mol. The van der Waals surface area contributed by atoms with E-state index in [1.54, 1.807) is 0 Å². The molecular weight excluding hydrogens is 388 g/mol. The summed E-state index contributed by atoms with van der Waals surface area (Å²) in [6, 6.07) is 6.71. The summed E-state index contributed by atoms with van der Waals surface area (Å²) in [6.07, 6.45) is 9.00. The predicted molar refractivity (Wildman–Crippen MR) is 125 cm³/mol. The highest BCUT2D eigenvalue weighted by atomic mass is 28.4. The molecule has 0 amide bonds. The molecule has 2 aromatic rings. The summed E-state index contributed by atoms with van der Waals surface area (Å²) in [6.45, 7) is 13.8. The lowest BCUT2D eigenvalue weighted by atomic mass is 9.81. The summed E-state index contributed by atoms with van der Waals surface area (Å²) in [5.41, 5.74) is 5.11. The summed E-state index contributed by atoms with van der Waals surface area (Å²) >= 11 is 0. The van der Waals surface area contributed by atoms with Gasteiger partial charge in [-0.3, -0.25) is 0 Å². The molecule has 164 valence electrons. The molecule has 0 saturated heterocycles. The molecule has 4 nitrogen and oxygen atoms in total. The number of hydrogen-bond donors (Lipinski definition) is 1. The normalized spacial score (nSPS) is 25.1. The largest absolute Gasteiger partial charge is 0.414 e. The van der Waals surface area contributed by atoms with Crippen LogP contribution in [-0.4, -0.2) is 35.2 Å². The molecule has 1 aromatic heterocycles. The van der Waals surface area contributed by atoms with Gasteiger partial charge in [-0.1, -0.05) is 39.0 Å². The molecule has 2 unspecified atom stereocenters. The molecule has 0 bridgehead atoms. The first-order valence-corrected chi connectivity index (χ1v) is 14.5. The Morgan fingerprint density at radius 2 is 1.90 bits per heavy atom. The van der Waals surface area contributed by atoms with Crippen LogP contribution in [0.25, 0.3) is 11.3 Å². The van der Waals surface area contributed by atoms with Crippen LogP contribution in [0, 0.1) is 12.8 Å². The maximum Gasteiger partial charge on any atom is 0.192 e. The second-order valence-corrected chi connectivity index (χ2v) is 15.7. The highest BCUT2D eigenvalue weighted by Crippen LogP contribution is 2.45. The van der Waals surface area contributed by atoms with E-state index < -0.39 is 8.32 Å². The molecule has 2 atom stereocenters. The van der Waals surface area contributed by atoms with Crippen molar-refractivity contribution >= 4 is 8.32 Å². The zero-order chi connectivity index (χ0) is 21.7. The maximum absolute atomic E-state index is 11.2. The second kappa shape index (κ2) is 7.92. The molecule has 1 saturated carbocycles. The Balaban J connectivity index is 1.40. The first-order chi connectivity index (χ1) is 14.1. The van der Waals surface area contributed by atoms with Gasteiger partial charge in [-0.05, 0) is 74.2 Å². The third-order valence-electron chi connectivity index (χ3n) is 7.92. The van der Waals surface area contributed by atoms with Crippen molar-refractivity contribution in [3.8, 4) is 11.3 Å². The Morgan fingerprint density at radius 3 is 2.57 bits per heavy atom. The topological polar surface area (TPSA) is 47.3 Å². The Labute approximate surface area is 182 Å². The van der Waals surface area contributed by atoms with Gasteiger partial charge in [0.15, 0.2) is 8.32 Å². The van der Waals surface area contributed by atoms with E-state index in [0.717, 1.165) is 32.1 Å². The molecule has 1 fully saturated rings. The Morgan fingerprint density at radius 1 is 1.20 bits per heavy atom. The van der Waals surface area contributed by atoms with Crippen LogP contribution in [0.3, 0.4) is 0 Å². The molecule has 0 spiro atoms. The van der Waals surface area contributed by atoms with Crippen molar-refractivity contribution in [3.63, 3.8) is 0 Å². The smallest absolute Gasteiger partial charge is 0.192 e. The van der Waals surface area contributed by atoms with Gasteiger partial charge in [0.25, 0.3) is 0 Å². The third kappa shape index (κ3) is 3.92. The number of aliphatic hydroxyl groups excluding tert-OH is 1. The molecule has 5 heteroatoms. The van der Waals surface area contributed by atoms with Crippen LogP contribution in [0.15, 0.2) is 30.7 Å². The van der Waals surface area contributed by atoms with Crippen molar-refractivity contribution in [2.24, 2.45) is 5.92 Å². The van der Waals surface area contributed by atoms with E-state index in [4.69, 9.17) is 4.43 Å². The van der Waals surface area contributed by atoms with Gasteiger partial charge in [-0.25, -0.2) is 4.98 Å². The van der Waals surface area contributed by atoms with Crippen molar-refractivity contribution in [3.05, 3.63) is 41.9 Å². The van der Waals surface area contributed by atoms with Crippen LogP contribution in [-0.2, 0) is 4.43 Å². The summed E-state index contributed by atoms with van der Waals surface area (Å²) in [4.78, 5) is 4.39. The van der Waals surface area contributed by atoms with E-state index in [0.29, 0.717) is 12.0 Å². The highest BCUT2D eigenvalue weighted by molar-refractivity contribution is 6.74. The van der Waals surface area contributed by atoms with Gasteiger partial charge in [-0.2, -0.15) is 0 Å². The Bertz CT molecular complexity index is 891. The van der Waals surface area contributed by atoms with Crippen LogP contribution in [0.5, 0.6) is 0 Å². The summed E-state index contributed by atoms with van der Waals surface area (Å²) in [5.74, 6) is 0.366. The van der Waals surface area contributed by atoms with Gasteiger partial charge in [0.2, 0.25) is 0 Å². The fourth-order valence-electron chi connectivity index (χ4n) is 5.06. The Hall–Kier alpha value is -1.43. The number of hydrogen-bond acceptors (Lipinski definition) is 3. The fraction of sp³-hybridized carbons (Fsp3) is 0.640. The lowest BCUT2D eigenvalue weighted by molar-refractivity contribution is 0.0364. The fourth-order valence-corrected chi connectivity index (χ4v) is 6.48. The molecule has 1 N–H and O–H groups in total. The number of fused-ring (bicyclic) bond motifs is 3. The lowest BCUT2D eigenvalue weighted by Crippen LogP contribution is -2.45. The number of aryl methyl sites for hydroxylation is 1. The third-order valence-corrected chi connectivity index (χ3v) is 12.5. The number of imidazole rings is 1. The van der Waals surface area contributed by atoms with Gasteiger partial charge < -0.3 is 14.1 Å². The lowest BCUT2D eigenvalue weighted by Gasteiger charge is -2.42. The van der Waals surface area contributed by atoms with Crippen LogP contribution in [0.4, 0.5) is 0 Å². The zero-order valence-electron chi connectivity index (χ0n) is 19.5. The minimum atomic E-state index is -1.72. The SMILES string of the molecule is Cc1cccc2c1-c1cncn1C2CC(O)C1CCC(O[Si](C)(C)C(C)(C)C)CC1. The zero-order valence-corrected chi connectivity index (χ0v) is 20.5. The molecule has 1 aliphatic heterocycles. The number of nitrogens with zero attached hydrogens (tertiary/aromatic N) is 2. The predicted octanol–water partition coefficient (Wildman–Crippen LogP) is 6.09. The molecule has 4 rings (SSSR count).